The summed E-state index contributed by atoms with van der Waals surface area (Å²) in [6.45, 7) is 0. The Bertz CT molecular complexity index is 739. The van der Waals surface area contributed by atoms with Crippen molar-refractivity contribution in [2.75, 3.05) is 12.4 Å². The maximum Gasteiger partial charge on any atom is 0.174 e. The van der Waals surface area contributed by atoms with Gasteiger partial charge in [-0.3, -0.25) is 0 Å². The SMILES string of the molecule is CNc1cc(Sc2nccn2C)nc(-c2ccccc2)n1. The molecule has 0 fully saturated rings. The topological polar surface area (TPSA) is 55.6 Å². The molecule has 1 aromatic carbocycles. The number of rotatable bonds is 4. The fourth-order valence-corrected chi connectivity index (χ4v) is 2.67. The number of hydrogen-bond acceptors (Lipinski definition) is 5. The average molecular weight is 297 g/mol. The van der Waals surface area contributed by atoms with Gasteiger partial charge >= 0.3 is 0 Å². The molecule has 2 heterocycles. The predicted molar refractivity (Wildman–Crippen MR) is 84.3 cm³/mol. The molecule has 0 bridgehead atoms. The van der Waals surface area contributed by atoms with E-state index >= 15 is 0 Å². The molecular formula is C15H15N5S. The van der Waals surface area contributed by atoms with E-state index in [1.807, 2.05) is 61.3 Å². The molecule has 0 saturated carbocycles. The van der Waals surface area contributed by atoms with E-state index in [9.17, 15) is 0 Å². The highest BCUT2D eigenvalue weighted by Crippen LogP contribution is 2.28. The van der Waals surface area contributed by atoms with Crippen LogP contribution in [0.3, 0.4) is 0 Å². The molecule has 3 aromatic rings. The van der Waals surface area contributed by atoms with Crippen molar-refractivity contribution in [2.24, 2.45) is 7.05 Å². The second-order valence-corrected chi connectivity index (χ2v) is 5.44. The van der Waals surface area contributed by atoms with Crippen LogP contribution in [0.4, 0.5) is 5.82 Å². The maximum atomic E-state index is 4.63. The van der Waals surface area contributed by atoms with E-state index in [2.05, 4.69) is 20.3 Å². The molecule has 0 saturated heterocycles. The maximum absolute atomic E-state index is 4.63. The third-order valence-electron chi connectivity index (χ3n) is 2.96. The van der Waals surface area contributed by atoms with Gasteiger partial charge < -0.3 is 9.88 Å². The molecule has 0 aliphatic carbocycles. The summed E-state index contributed by atoms with van der Waals surface area (Å²) in [7, 11) is 3.82. The van der Waals surface area contributed by atoms with Gasteiger partial charge in [0.25, 0.3) is 0 Å². The Labute approximate surface area is 127 Å². The van der Waals surface area contributed by atoms with Crippen molar-refractivity contribution in [3.63, 3.8) is 0 Å². The molecule has 21 heavy (non-hydrogen) atoms. The largest absolute Gasteiger partial charge is 0.373 e. The van der Waals surface area contributed by atoms with Crippen molar-refractivity contribution in [1.29, 1.82) is 0 Å². The van der Waals surface area contributed by atoms with Crippen molar-refractivity contribution in [3.05, 3.63) is 48.8 Å². The molecule has 0 aliphatic heterocycles. The van der Waals surface area contributed by atoms with Crippen LogP contribution < -0.4 is 5.32 Å². The van der Waals surface area contributed by atoms with E-state index in [1.165, 1.54) is 11.8 Å². The van der Waals surface area contributed by atoms with Gasteiger partial charge in [-0.15, -0.1) is 0 Å². The summed E-state index contributed by atoms with van der Waals surface area (Å²) >= 11 is 1.52. The van der Waals surface area contributed by atoms with Crippen LogP contribution in [0.15, 0.2) is 59.0 Å². The fraction of sp³-hybridized carbons (Fsp3) is 0.133. The van der Waals surface area contributed by atoms with Crippen molar-refractivity contribution in [3.8, 4) is 11.4 Å². The van der Waals surface area contributed by atoms with Crippen molar-refractivity contribution in [2.45, 2.75) is 10.2 Å². The molecule has 0 spiro atoms. The van der Waals surface area contributed by atoms with Crippen LogP contribution in [0, 0.1) is 0 Å². The van der Waals surface area contributed by atoms with Crippen LogP contribution in [0.1, 0.15) is 0 Å². The van der Waals surface area contributed by atoms with E-state index in [-0.39, 0.29) is 0 Å². The quantitative estimate of drug-likeness (QED) is 0.750. The highest BCUT2D eigenvalue weighted by atomic mass is 32.2. The Morgan fingerprint density at radius 2 is 1.95 bits per heavy atom. The first-order valence-electron chi connectivity index (χ1n) is 6.53. The molecular weight excluding hydrogens is 282 g/mol. The number of nitrogens with one attached hydrogen (secondary N) is 1. The van der Waals surface area contributed by atoms with Gasteiger partial charge in [0, 0.05) is 38.1 Å². The smallest absolute Gasteiger partial charge is 0.174 e. The summed E-state index contributed by atoms with van der Waals surface area (Å²) in [5, 5.41) is 4.84. The predicted octanol–water partition coefficient (Wildman–Crippen LogP) is 3.07. The van der Waals surface area contributed by atoms with Gasteiger partial charge in [0.1, 0.15) is 10.8 Å². The highest BCUT2D eigenvalue weighted by molar-refractivity contribution is 7.99. The number of benzene rings is 1. The van der Waals surface area contributed by atoms with E-state index in [1.54, 1.807) is 6.20 Å². The van der Waals surface area contributed by atoms with Crippen LogP contribution in [0.2, 0.25) is 0 Å². The van der Waals surface area contributed by atoms with Gasteiger partial charge in [-0.05, 0) is 11.8 Å². The lowest BCUT2D eigenvalue weighted by atomic mass is 10.2. The molecule has 2 aromatic heterocycles. The fourth-order valence-electron chi connectivity index (χ4n) is 1.87. The Hall–Kier alpha value is -2.34. The summed E-state index contributed by atoms with van der Waals surface area (Å²) in [6.07, 6.45) is 3.70. The molecule has 106 valence electrons. The zero-order valence-corrected chi connectivity index (χ0v) is 12.6. The van der Waals surface area contributed by atoms with Crippen molar-refractivity contribution >= 4 is 17.6 Å². The third-order valence-corrected chi connectivity index (χ3v) is 3.96. The monoisotopic (exact) mass is 297 g/mol. The standard InChI is InChI=1S/C15H15N5S/c1-16-12-10-13(21-15-17-8-9-20(15)2)19-14(18-12)11-6-4-3-5-7-11/h3-10H,1-2H3,(H,16,18,19). The molecule has 3 rings (SSSR count). The van der Waals surface area contributed by atoms with E-state index in [4.69, 9.17) is 0 Å². The molecule has 0 unspecified atom stereocenters. The molecule has 0 atom stereocenters. The number of aryl methyl sites for hydroxylation is 1. The number of hydrogen-bond donors (Lipinski definition) is 1. The van der Waals surface area contributed by atoms with Gasteiger partial charge in [-0.1, -0.05) is 30.3 Å². The van der Waals surface area contributed by atoms with Crippen molar-refractivity contribution in [1.82, 2.24) is 19.5 Å². The first-order chi connectivity index (χ1) is 10.3. The summed E-state index contributed by atoms with van der Waals surface area (Å²) in [5.74, 6) is 1.50. The van der Waals surface area contributed by atoms with Crippen LogP contribution in [-0.2, 0) is 7.05 Å². The summed E-state index contributed by atoms with van der Waals surface area (Å²) < 4.78 is 1.97. The van der Waals surface area contributed by atoms with Gasteiger partial charge in [0.15, 0.2) is 11.0 Å². The summed E-state index contributed by atoms with van der Waals surface area (Å²) in [6, 6.07) is 11.9. The number of nitrogens with zero attached hydrogens (tertiary/aromatic N) is 4. The van der Waals surface area contributed by atoms with E-state index in [0.717, 1.165) is 21.6 Å². The Kier molecular flexibility index (Phi) is 3.87. The lowest BCUT2D eigenvalue weighted by molar-refractivity contribution is 0.788. The second-order valence-electron chi connectivity index (χ2n) is 4.45. The minimum Gasteiger partial charge on any atom is -0.373 e. The summed E-state index contributed by atoms with van der Waals surface area (Å²) in [4.78, 5) is 13.5. The molecule has 0 amide bonds. The number of imidazole rings is 1. The zero-order chi connectivity index (χ0) is 14.7. The van der Waals surface area contributed by atoms with Crippen LogP contribution in [0.5, 0.6) is 0 Å². The Balaban J connectivity index is 1.99. The average Bonchev–Trinajstić information content (AvgIpc) is 2.93. The Morgan fingerprint density at radius 1 is 1.14 bits per heavy atom. The van der Waals surface area contributed by atoms with Gasteiger partial charge in [-0.2, -0.15) is 0 Å². The number of anilines is 1. The molecule has 1 N–H and O–H groups in total. The molecule has 5 nitrogen and oxygen atoms in total. The normalized spacial score (nSPS) is 10.6. The lowest BCUT2D eigenvalue weighted by Gasteiger charge is -2.07. The first-order valence-corrected chi connectivity index (χ1v) is 7.35. The third kappa shape index (κ3) is 3.05. The number of aromatic nitrogens is 4. The van der Waals surface area contributed by atoms with Gasteiger partial charge in [-0.25, -0.2) is 15.0 Å². The minimum atomic E-state index is 0.708. The second kappa shape index (κ2) is 5.97. The first kappa shape index (κ1) is 13.6. The summed E-state index contributed by atoms with van der Waals surface area (Å²) in [5.41, 5.74) is 0.997. The molecule has 6 heteroatoms. The van der Waals surface area contributed by atoms with Gasteiger partial charge in [0.05, 0.1) is 0 Å². The van der Waals surface area contributed by atoms with E-state index in [0.29, 0.717) is 5.82 Å². The highest BCUT2D eigenvalue weighted by Gasteiger charge is 2.09. The van der Waals surface area contributed by atoms with E-state index < -0.39 is 0 Å². The Morgan fingerprint density at radius 3 is 2.62 bits per heavy atom. The minimum absolute atomic E-state index is 0.708. The molecule has 0 radical (unpaired) electrons. The van der Waals surface area contributed by atoms with Crippen LogP contribution in [0.25, 0.3) is 11.4 Å². The van der Waals surface area contributed by atoms with Crippen LogP contribution in [-0.4, -0.2) is 26.6 Å². The zero-order valence-electron chi connectivity index (χ0n) is 11.8. The lowest BCUT2D eigenvalue weighted by Crippen LogP contribution is -1.99. The van der Waals surface area contributed by atoms with Crippen LogP contribution >= 0.6 is 11.8 Å². The van der Waals surface area contributed by atoms with Gasteiger partial charge in [0.2, 0.25) is 0 Å². The van der Waals surface area contributed by atoms with Crippen molar-refractivity contribution < 1.29 is 0 Å². The molecule has 0 aliphatic rings.